The average molecular weight is 365 g/mol. The highest BCUT2D eigenvalue weighted by atomic mass is 32.2. The summed E-state index contributed by atoms with van der Waals surface area (Å²) in [6, 6.07) is 13.9. The first-order valence-electron chi connectivity index (χ1n) is 8.54. The summed E-state index contributed by atoms with van der Waals surface area (Å²) in [5.41, 5.74) is 1.86. The van der Waals surface area contributed by atoms with Crippen molar-refractivity contribution in [2.24, 2.45) is 7.05 Å². The molecule has 0 spiro atoms. The van der Waals surface area contributed by atoms with Crippen LogP contribution in [0.5, 0.6) is 0 Å². The molecule has 1 saturated carbocycles. The van der Waals surface area contributed by atoms with Crippen molar-refractivity contribution >= 4 is 17.7 Å². The van der Waals surface area contributed by atoms with Crippen LogP contribution in [-0.2, 0) is 11.8 Å². The minimum absolute atomic E-state index is 0.0228. The molecule has 3 aromatic rings. The van der Waals surface area contributed by atoms with Crippen molar-refractivity contribution in [3.63, 3.8) is 0 Å². The number of carbonyl (C=O) groups excluding carboxylic acids is 1. The molecule has 0 bridgehead atoms. The molecular formula is C19H19N5OS. The Balaban J connectivity index is 1.61. The number of amides is 1. The molecule has 26 heavy (non-hydrogen) atoms. The second-order valence-corrected chi connectivity index (χ2v) is 7.37. The van der Waals surface area contributed by atoms with Gasteiger partial charge in [0.15, 0.2) is 11.0 Å². The molecule has 7 heteroatoms. The van der Waals surface area contributed by atoms with Crippen LogP contribution in [0.1, 0.15) is 23.7 Å². The van der Waals surface area contributed by atoms with E-state index in [0.717, 1.165) is 29.8 Å². The van der Waals surface area contributed by atoms with Gasteiger partial charge in [0.05, 0.1) is 0 Å². The second kappa shape index (κ2) is 7.29. The molecule has 1 aliphatic rings. The van der Waals surface area contributed by atoms with Crippen LogP contribution in [0.15, 0.2) is 60.0 Å². The Labute approximate surface area is 156 Å². The smallest absolute Gasteiger partial charge is 0.238 e. The van der Waals surface area contributed by atoms with Crippen LogP contribution in [0, 0.1) is 0 Å². The zero-order chi connectivity index (χ0) is 17.9. The molecule has 1 atom stereocenters. The SMILES string of the molecule is Cn1c(S[C@H](C(=O)NC2CC2)c2ccccc2)nnc1-c1cccnc1. The minimum atomic E-state index is -0.360. The van der Waals surface area contributed by atoms with E-state index >= 15 is 0 Å². The van der Waals surface area contributed by atoms with Gasteiger partial charge in [0.2, 0.25) is 5.91 Å². The monoisotopic (exact) mass is 365 g/mol. The van der Waals surface area contributed by atoms with Crippen molar-refractivity contribution in [2.75, 3.05) is 0 Å². The Hall–Kier alpha value is -2.67. The maximum absolute atomic E-state index is 12.8. The van der Waals surface area contributed by atoms with Crippen molar-refractivity contribution in [1.29, 1.82) is 0 Å². The van der Waals surface area contributed by atoms with Crippen molar-refractivity contribution < 1.29 is 4.79 Å². The van der Waals surface area contributed by atoms with Gasteiger partial charge in [-0.2, -0.15) is 0 Å². The van der Waals surface area contributed by atoms with E-state index in [2.05, 4.69) is 20.5 Å². The molecule has 1 aromatic carbocycles. The van der Waals surface area contributed by atoms with Gasteiger partial charge < -0.3 is 9.88 Å². The van der Waals surface area contributed by atoms with Crippen LogP contribution in [-0.4, -0.2) is 31.7 Å². The van der Waals surface area contributed by atoms with Crippen LogP contribution < -0.4 is 5.32 Å². The van der Waals surface area contributed by atoms with Gasteiger partial charge in [0, 0.05) is 31.0 Å². The normalized spacial score (nSPS) is 14.8. The number of thioether (sulfide) groups is 1. The summed E-state index contributed by atoms with van der Waals surface area (Å²) >= 11 is 1.42. The Bertz CT molecular complexity index is 893. The molecule has 6 nitrogen and oxygen atoms in total. The Morgan fingerprint density at radius 3 is 2.69 bits per heavy atom. The standard InChI is InChI=1S/C19H19N5OS/c1-24-17(14-8-5-11-20-12-14)22-23-19(24)26-16(13-6-3-2-4-7-13)18(25)21-15-9-10-15/h2-8,11-12,15-16H,9-10H2,1H3,(H,21,25)/t16-/m0/s1. The summed E-state index contributed by atoms with van der Waals surface area (Å²) in [5.74, 6) is 0.754. The highest BCUT2D eigenvalue weighted by Gasteiger charge is 2.30. The van der Waals surface area contributed by atoms with Crippen LogP contribution >= 0.6 is 11.8 Å². The van der Waals surface area contributed by atoms with Crippen molar-refractivity contribution in [3.05, 3.63) is 60.4 Å². The summed E-state index contributed by atoms with van der Waals surface area (Å²) in [6.45, 7) is 0. The molecule has 1 N–H and O–H groups in total. The zero-order valence-electron chi connectivity index (χ0n) is 14.4. The van der Waals surface area contributed by atoms with E-state index in [-0.39, 0.29) is 11.2 Å². The predicted molar refractivity (Wildman–Crippen MR) is 100 cm³/mol. The van der Waals surface area contributed by atoms with Gasteiger partial charge in [-0.1, -0.05) is 42.1 Å². The Morgan fingerprint density at radius 2 is 2.00 bits per heavy atom. The number of hydrogen-bond donors (Lipinski definition) is 1. The van der Waals surface area contributed by atoms with Gasteiger partial charge >= 0.3 is 0 Å². The largest absolute Gasteiger partial charge is 0.352 e. The summed E-state index contributed by atoms with van der Waals surface area (Å²) in [4.78, 5) is 16.9. The third kappa shape index (κ3) is 3.62. The average Bonchev–Trinajstić information content (AvgIpc) is 3.42. The maximum Gasteiger partial charge on any atom is 0.238 e. The molecule has 1 fully saturated rings. The molecular weight excluding hydrogens is 346 g/mol. The van der Waals surface area contributed by atoms with Crippen LogP contribution in [0.4, 0.5) is 0 Å². The van der Waals surface area contributed by atoms with Gasteiger partial charge in [0.1, 0.15) is 5.25 Å². The molecule has 0 saturated heterocycles. The van der Waals surface area contributed by atoms with E-state index in [1.54, 1.807) is 12.4 Å². The lowest BCUT2D eigenvalue weighted by Gasteiger charge is -2.16. The lowest BCUT2D eigenvalue weighted by atomic mass is 10.1. The fourth-order valence-corrected chi connectivity index (χ4v) is 3.69. The third-order valence-corrected chi connectivity index (χ3v) is 5.53. The highest BCUT2D eigenvalue weighted by Crippen LogP contribution is 2.36. The summed E-state index contributed by atoms with van der Waals surface area (Å²) < 4.78 is 1.90. The van der Waals surface area contributed by atoms with E-state index in [4.69, 9.17) is 0 Å². The van der Waals surface area contributed by atoms with Gasteiger partial charge in [-0.25, -0.2) is 0 Å². The molecule has 1 aliphatic carbocycles. The van der Waals surface area contributed by atoms with Crippen molar-refractivity contribution in [3.8, 4) is 11.4 Å². The van der Waals surface area contributed by atoms with E-state index < -0.39 is 0 Å². The molecule has 0 radical (unpaired) electrons. The predicted octanol–water partition coefficient (Wildman–Crippen LogP) is 2.99. The third-order valence-electron chi connectivity index (χ3n) is 4.24. The summed E-state index contributed by atoms with van der Waals surface area (Å²) in [6.07, 6.45) is 5.61. The lowest BCUT2D eigenvalue weighted by molar-refractivity contribution is -0.120. The van der Waals surface area contributed by atoms with Crippen molar-refractivity contribution in [1.82, 2.24) is 25.1 Å². The van der Waals surface area contributed by atoms with Gasteiger partial charge in [-0.05, 0) is 30.5 Å². The van der Waals surface area contributed by atoms with E-state index in [9.17, 15) is 4.79 Å². The van der Waals surface area contributed by atoms with Gasteiger partial charge in [0.25, 0.3) is 0 Å². The van der Waals surface area contributed by atoms with E-state index in [1.165, 1.54) is 11.8 Å². The van der Waals surface area contributed by atoms with Crippen LogP contribution in [0.3, 0.4) is 0 Å². The number of nitrogens with one attached hydrogen (secondary N) is 1. The summed E-state index contributed by atoms with van der Waals surface area (Å²) in [7, 11) is 1.91. The second-order valence-electron chi connectivity index (χ2n) is 6.30. The van der Waals surface area contributed by atoms with Crippen LogP contribution in [0.25, 0.3) is 11.4 Å². The molecule has 4 rings (SSSR count). The van der Waals surface area contributed by atoms with E-state index in [0.29, 0.717) is 11.2 Å². The fourth-order valence-electron chi connectivity index (χ4n) is 2.67. The van der Waals surface area contributed by atoms with Gasteiger partial charge in [-0.15, -0.1) is 10.2 Å². The highest BCUT2D eigenvalue weighted by molar-refractivity contribution is 8.00. The molecule has 2 aromatic heterocycles. The topological polar surface area (TPSA) is 72.7 Å². The first-order chi connectivity index (χ1) is 12.7. The number of carbonyl (C=O) groups is 1. The lowest BCUT2D eigenvalue weighted by Crippen LogP contribution is -2.29. The molecule has 132 valence electrons. The fraction of sp³-hybridized carbons (Fsp3) is 0.263. The van der Waals surface area contributed by atoms with E-state index in [1.807, 2.05) is 54.1 Å². The number of rotatable bonds is 6. The molecule has 1 amide bonds. The number of nitrogens with zero attached hydrogens (tertiary/aromatic N) is 4. The first kappa shape index (κ1) is 16.8. The summed E-state index contributed by atoms with van der Waals surface area (Å²) in [5, 5.41) is 12.0. The minimum Gasteiger partial charge on any atom is -0.352 e. The van der Waals surface area contributed by atoms with Crippen molar-refractivity contribution in [2.45, 2.75) is 29.3 Å². The Morgan fingerprint density at radius 1 is 1.19 bits per heavy atom. The van der Waals surface area contributed by atoms with Crippen LogP contribution in [0.2, 0.25) is 0 Å². The molecule has 0 aliphatic heterocycles. The first-order valence-corrected chi connectivity index (χ1v) is 9.42. The zero-order valence-corrected chi connectivity index (χ0v) is 15.2. The molecule has 0 unspecified atom stereocenters. The van der Waals surface area contributed by atoms with Gasteiger partial charge in [-0.3, -0.25) is 9.78 Å². The quantitative estimate of drug-likeness (QED) is 0.680. The number of hydrogen-bond acceptors (Lipinski definition) is 5. The number of pyridine rings is 1. The number of aromatic nitrogens is 4. The number of benzene rings is 1. The molecule has 2 heterocycles. The maximum atomic E-state index is 12.8. The Kier molecular flexibility index (Phi) is 4.71.